The molecule has 0 radical (unpaired) electrons. The molecule has 1 heterocycles. The van der Waals surface area contributed by atoms with E-state index in [-0.39, 0.29) is 24.0 Å². The third-order valence-corrected chi connectivity index (χ3v) is 6.16. The zero-order valence-electron chi connectivity index (χ0n) is 14.8. The van der Waals surface area contributed by atoms with Gasteiger partial charge in [-0.15, -0.1) is 0 Å². The molecule has 130 valence electrons. The minimum atomic E-state index is -0.428. The van der Waals surface area contributed by atoms with E-state index in [4.69, 9.17) is 4.84 Å². The Bertz CT molecular complexity index is 760. The van der Waals surface area contributed by atoms with Crippen molar-refractivity contribution in [3.8, 4) is 0 Å². The Labute approximate surface area is 149 Å². The Hall–Kier alpha value is -2.10. The van der Waals surface area contributed by atoms with Crippen molar-refractivity contribution in [1.82, 2.24) is 0 Å². The monoisotopic (exact) mass is 335 g/mol. The van der Waals surface area contributed by atoms with Crippen molar-refractivity contribution in [2.24, 2.45) is 11.3 Å². The van der Waals surface area contributed by atoms with E-state index in [2.05, 4.69) is 62.4 Å². The van der Waals surface area contributed by atoms with E-state index in [1.54, 1.807) is 0 Å². The third-order valence-electron chi connectivity index (χ3n) is 6.16. The van der Waals surface area contributed by atoms with Crippen molar-refractivity contribution in [2.75, 3.05) is 11.7 Å². The minimum Gasteiger partial charge on any atom is -0.396 e. The summed E-state index contributed by atoms with van der Waals surface area (Å²) < 4.78 is 0. The smallest absolute Gasteiger partial charge is 0.115 e. The van der Waals surface area contributed by atoms with E-state index in [1.165, 1.54) is 5.56 Å². The van der Waals surface area contributed by atoms with Gasteiger partial charge in [-0.1, -0.05) is 67.6 Å². The maximum absolute atomic E-state index is 10.6. The van der Waals surface area contributed by atoms with Crippen molar-refractivity contribution < 1.29 is 9.94 Å². The highest BCUT2D eigenvalue weighted by molar-refractivity contribution is 5.49. The van der Waals surface area contributed by atoms with Crippen LogP contribution in [0.4, 0.5) is 5.69 Å². The lowest BCUT2D eigenvalue weighted by molar-refractivity contribution is -0.182. The summed E-state index contributed by atoms with van der Waals surface area (Å²) in [5, 5.41) is 12.6. The highest BCUT2D eigenvalue weighted by atomic mass is 16.7. The molecule has 2 aromatic carbocycles. The SMILES string of the molecule is C[C@H]1C2(C)C=CCC1(CO)[C@H](c1ccccc1)N(c1ccccc1)O2. The summed E-state index contributed by atoms with van der Waals surface area (Å²) in [5.41, 5.74) is 1.47. The predicted molar refractivity (Wildman–Crippen MR) is 100 cm³/mol. The molecule has 1 aliphatic carbocycles. The normalized spacial score (nSPS) is 34.1. The maximum atomic E-state index is 10.6. The number of anilines is 1. The molecule has 0 aromatic heterocycles. The average molecular weight is 335 g/mol. The van der Waals surface area contributed by atoms with E-state index in [1.807, 2.05) is 29.3 Å². The second-order valence-corrected chi connectivity index (χ2v) is 7.47. The van der Waals surface area contributed by atoms with E-state index in [0.717, 1.165) is 12.1 Å². The van der Waals surface area contributed by atoms with Gasteiger partial charge in [0.25, 0.3) is 0 Å². The van der Waals surface area contributed by atoms with Gasteiger partial charge in [0.15, 0.2) is 0 Å². The van der Waals surface area contributed by atoms with Gasteiger partial charge < -0.3 is 5.11 Å². The van der Waals surface area contributed by atoms with Gasteiger partial charge >= 0.3 is 0 Å². The largest absolute Gasteiger partial charge is 0.396 e. The molecule has 25 heavy (non-hydrogen) atoms. The van der Waals surface area contributed by atoms with Crippen LogP contribution in [0.5, 0.6) is 0 Å². The first kappa shape index (κ1) is 16.4. The molecule has 1 saturated heterocycles. The number of allylic oxidation sites excluding steroid dienone is 1. The molecule has 3 heteroatoms. The first-order valence-electron chi connectivity index (χ1n) is 8.98. The summed E-state index contributed by atoms with van der Waals surface area (Å²) in [6.07, 6.45) is 5.17. The van der Waals surface area contributed by atoms with Crippen molar-refractivity contribution >= 4 is 5.69 Å². The molecular formula is C22H25NO2. The van der Waals surface area contributed by atoms with Gasteiger partial charge in [-0.05, 0) is 31.0 Å². The van der Waals surface area contributed by atoms with Gasteiger partial charge in [-0.25, -0.2) is 5.06 Å². The van der Waals surface area contributed by atoms with E-state index >= 15 is 0 Å². The molecule has 2 bridgehead atoms. The van der Waals surface area contributed by atoms with Crippen molar-refractivity contribution in [1.29, 1.82) is 0 Å². The fourth-order valence-electron chi connectivity index (χ4n) is 4.53. The van der Waals surface area contributed by atoms with Crippen molar-refractivity contribution in [2.45, 2.75) is 31.9 Å². The fraction of sp³-hybridized carbons (Fsp3) is 0.364. The summed E-state index contributed by atoms with van der Waals surface area (Å²) in [6, 6.07) is 20.6. The van der Waals surface area contributed by atoms with E-state index in [0.29, 0.717) is 0 Å². The fourth-order valence-corrected chi connectivity index (χ4v) is 4.53. The summed E-state index contributed by atoms with van der Waals surface area (Å²) in [4.78, 5) is 6.57. The molecule has 0 spiro atoms. The summed E-state index contributed by atoms with van der Waals surface area (Å²) in [5.74, 6) is 0.195. The van der Waals surface area contributed by atoms with Crippen LogP contribution in [0.3, 0.4) is 0 Å². The minimum absolute atomic E-state index is 0.0471. The number of fused-ring (bicyclic) bond motifs is 2. The zero-order chi connectivity index (χ0) is 17.5. The summed E-state index contributed by atoms with van der Waals surface area (Å²) in [7, 11) is 0. The van der Waals surface area contributed by atoms with Crippen LogP contribution >= 0.6 is 0 Å². The number of hydrogen-bond acceptors (Lipinski definition) is 3. The Balaban J connectivity index is 1.92. The standard InChI is InChI=1S/C22H25NO2/c1-17-21(2)14-9-15-22(17,16-24)20(18-10-5-3-6-11-18)23(25-21)19-12-7-4-8-13-19/h3-14,17,20,24H,15-16H2,1-2H3/t17-,20-,21?,22?/m0/s1. The second-order valence-electron chi connectivity index (χ2n) is 7.47. The van der Waals surface area contributed by atoms with Gasteiger partial charge in [0.1, 0.15) is 5.60 Å². The topological polar surface area (TPSA) is 32.7 Å². The van der Waals surface area contributed by atoms with Crippen LogP contribution in [0, 0.1) is 11.3 Å². The van der Waals surface area contributed by atoms with Crippen LogP contribution < -0.4 is 5.06 Å². The first-order chi connectivity index (χ1) is 12.1. The number of nitrogens with zero attached hydrogens (tertiary/aromatic N) is 1. The molecule has 2 aliphatic rings. The molecule has 4 rings (SSSR count). The van der Waals surface area contributed by atoms with Crippen LogP contribution in [0.2, 0.25) is 0 Å². The number of hydroxylamine groups is 1. The average Bonchev–Trinajstić information content (AvgIpc) is 2.65. The van der Waals surface area contributed by atoms with E-state index in [9.17, 15) is 5.11 Å². The van der Waals surface area contributed by atoms with Crippen LogP contribution in [0.25, 0.3) is 0 Å². The Morgan fingerprint density at radius 2 is 1.72 bits per heavy atom. The Morgan fingerprint density at radius 3 is 2.36 bits per heavy atom. The lowest BCUT2D eigenvalue weighted by Gasteiger charge is -2.60. The van der Waals surface area contributed by atoms with Crippen LogP contribution in [0.15, 0.2) is 72.8 Å². The first-order valence-corrected chi connectivity index (χ1v) is 8.98. The number of para-hydroxylation sites is 1. The summed E-state index contributed by atoms with van der Waals surface area (Å²) in [6.45, 7) is 4.45. The molecule has 0 amide bonds. The number of aliphatic hydroxyl groups excluding tert-OH is 1. The van der Waals surface area contributed by atoms with Gasteiger partial charge in [0, 0.05) is 11.3 Å². The van der Waals surface area contributed by atoms with Crippen molar-refractivity contribution in [3.63, 3.8) is 0 Å². The van der Waals surface area contributed by atoms with Crippen LogP contribution in [-0.2, 0) is 4.84 Å². The third kappa shape index (κ3) is 2.42. The number of aliphatic hydroxyl groups is 1. The Kier molecular flexibility index (Phi) is 3.94. The predicted octanol–water partition coefficient (Wildman–Crippen LogP) is 4.51. The Morgan fingerprint density at radius 1 is 1.08 bits per heavy atom. The van der Waals surface area contributed by atoms with Crippen molar-refractivity contribution in [3.05, 3.63) is 78.4 Å². The molecule has 2 aromatic rings. The molecule has 1 fully saturated rings. The summed E-state index contributed by atoms with van der Waals surface area (Å²) >= 11 is 0. The molecule has 1 N–H and O–H groups in total. The zero-order valence-corrected chi connectivity index (χ0v) is 14.8. The number of hydrogen-bond donors (Lipinski definition) is 1. The number of rotatable bonds is 3. The molecule has 2 unspecified atom stereocenters. The van der Waals surface area contributed by atoms with E-state index < -0.39 is 5.60 Å². The van der Waals surface area contributed by atoms with Crippen LogP contribution in [-0.4, -0.2) is 17.3 Å². The molecular weight excluding hydrogens is 310 g/mol. The van der Waals surface area contributed by atoms with Gasteiger partial charge in [0.2, 0.25) is 0 Å². The lowest BCUT2D eigenvalue weighted by atomic mass is 9.58. The molecule has 0 saturated carbocycles. The highest BCUT2D eigenvalue weighted by Crippen LogP contribution is 2.58. The van der Waals surface area contributed by atoms with Gasteiger partial charge in [-0.2, -0.15) is 0 Å². The molecule has 4 atom stereocenters. The number of benzene rings is 2. The van der Waals surface area contributed by atoms with Gasteiger partial charge in [0.05, 0.1) is 18.3 Å². The van der Waals surface area contributed by atoms with Crippen LogP contribution in [0.1, 0.15) is 31.9 Å². The quantitative estimate of drug-likeness (QED) is 0.838. The second kappa shape index (κ2) is 6.01. The molecule has 3 nitrogen and oxygen atoms in total. The lowest BCUT2D eigenvalue weighted by Crippen LogP contribution is -2.63. The maximum Gasteiger partial charge on any atom is 0.115 e. The molecule has 1 aliphatic heterocycles. The van der Waals surface area contributed by atoms with Gasteiger partial charge in [-0.3, -0.25) is 4.84 Å². The highest BCUT2D eigenvalue weighted by Gasteiger charge is 2.59.